The Morgan fingerprint density at radius 1 is 1.16 bits per heavy atom. The van der Waals surface area contributed by atoms with Gasteiger partial charge in [-0.1, -0.05) is 11.3 Å². The number of nitrogens with one attached hydrogen (secondary N) is 3. The molecule has 1 amide bonds. The van der Waals surface area contributed by atoms with Crippen molar-refractivity contribution in [3.05, 3.63) is 52.6 Å². The largest absolute Gasteiger partial charge is 0.317 e. The first-order chi connectivity index (χ1) is 14.8. The first-order valence-electron chi connectivity index (χ1n) is 9.51. The van der Waals surface area contributed by atoms with E-state index in [1.165, 1.54) is 23.5 Å². The number of sulfonamides is 1. The number of thiazole rings is 1. The quantitative estimate of drug-likeness (QED) is 0.378. The predicted octanol–water partition coefficient (Wildman–Crippen LogP) is 2.94. The van der Waals surface area contributed by atoms with E-state index in [-0.39, 0.29) is 22.4 Å². The van der Waals surface area contributed by atoms with Crippen LogP contribution in [0.1, 0.15) is 12.8 Å². The third kappa shape index (κ3) is 4.81. The number of nitrogens with zero attached hydrogens (tertiary/aromatic N) is 2. The lowest BCUT2D eigenvalue weighted by Crippen LogP contribution is -2.34. The average Bonchev–Trinajstić information content (AvgIpc) is 3.15. The van der Waals surface area contributed by atoms with Crippen molar-refractivity contribution in [3.63, 3.8) is 0 Å². The lowest BCUT2D eigenvalue weighted by atomic mass is 9.97. The molecular weight excluding hydrogens is 442 g/mol. The van der Waals surface area contributed by atoms with Crippen LogP contribution in [0.2, 0.25) is 0 Å². The third-order valence-corrected chi connectivity index (χ3v) is 7.27. The van der Waals surface area contributed by atoms with Crippen molar-refractivity contribution in [1.29, 1.82) is 0 Å². The second-order valence-electron chi connectivity index (χ2n) is 7.07. The number of amides is 1. The number of hydrogen-bond acceptors (Lipinski definition) is 8. The summed E-state index contributed by atoms with van der Waals surface area (Å²) in [6.07, 6.45) is 1.57. The monoisotopic (exact) mass is 461 g/mol. The summed E-state index contributed by atoms with van der Waals surface area (Å²) in [4.78, 5) is 26.9. The van der Waals surface area contributed by atoms with Crippen LogP contribution in [0.3, 0.4) is 0 Å². The Labute approximate surface area is 181 Å². The fourth-order valence-electron chi connectivity index (χ4n) is 3.29. The van der Waals surface area contributed by atoms with Crippen molar-refractivity contribution in [3.8, 4) is 0 Å². The van der Waals surface area contributed by atoms with Gasteiger partial charge in [0.1, 0.15) is 0 Å². The fourth-order valence-corrected chi connectivity index (χ4v) is 5.25. The van der Waals surface area contributed by atoms with Crippen molar-refractivity contribution >= 4 is 54.0 Å². The summed E-state index contributed by atoms with van der Waals surface area (Å²) in [5, 5.41) is 17.3. The summed E-state index contributed by atoms with van der Waals surface area (Å²) in [5.74, 6) is -0.100. The maximum Gasteiger partial charge on any atom is 0.269 e. The molecule has 0 bridgehead atoms. The second kappa shape index (κ2) is 8.57. The molecule has 2 heterocycles. The Kier molecular flexibility index (Phi) is 5.85. The molecule has 0 aliphatic carbocycles. The molecule has 31 heavy (non-hydrogen) atoms. The fraction of sp³-hybridized carbons (Fsp3) is 0.263. The molecule has 0 unspecified atom stereocenters. The normalized spacial score (nSPS) is 15.0. The van der Waals surface area contributed by atoms with E-state index in [4.69, 9.17) is 0 Å². The molecule has 10 nitrogen and oxygen atoms in total. The summed E-state index contributed by atoms with van der Waals surface area (Å²) < 4.78 is 28.4. The van der Waals surface area contributed by atoms with Crippen LogP contribution in [0, 0.1) is 16.0 Å². The van der Waals surface area contributed by atoms with Gasteiger partial charge in [-0.3, -0.25) is 19.6 Å². The van der Waals surface area contributed by atoms with E-state index in [1.807, 2.05) is 0 Å². The van der Waals surface area contributed by atoms with Crippen molar-refractivity contribution in [2.24, 2.45) is 5.92 Å². The number of carbonyl (C=O) groups is 1. The average molecular weight is 462 g/mol. The topological polar surface area (TPSA) is 143 Å². The molecule has 4 rings (SSSR count). The first-order valence-corrected chi connectivity index (χ1v) is 11.8. The highest BCUT2D eigenvalue weighted by Gasteiger charge is 2.22. The maximum absolute atomic E-state index is 12.6. The van der Waals surface area contributed by atoms with Crippen LogP contribution in [-0.2, 0) is 14.8 Å². The summed E-state index contributed by atoms with van der Waals surface area (Å²) >= 11 is 1.26. The summed E-state index contributed by atoms with van der Waals surface area (Å²) in [6.45, 7) is 1.63. The zero-order chi connectivity index (χ0) is 22.0. The van der Waals surface area contributed by atoms with E-state index < -0.39 is 14.9 Å². The molecule has 0 atom stereocenters. The molecular formula is C19H19N5O5S2. The highest BCUT2D eigenvalue weighted by atomic mass is 32.2. The molecule has 1 saturated heterocycles. The Bertz CT molecular complexity index is 1230. The second-order valence-corrected chi connectivity index (χ2v) is 9.78. The SMILES string of the molecule is O=C(Nc1nc2ccc(NS(=O)(=O)c3ccc([N+](=O)[O-])cc3)cc2s1)C1CCNCC1. The number of non-ortho nitro benzene ring substituents is 1. The van der Waals surface area contributed by atoms with Crippen molar-refractivity contribution in [1.82, 2.24) is 10.3 Å². The highest BCUT2D eigenvalue weighted by Crippen LogP contribution is 2.30. The molecule has 3 aromatic rings. The summed E-state index contributed by atoms with van der Waals surface area (Å²) in [5.41, 5.74) is 0.777. The van der Waals surface area contributed by atoms with Gasteiger partial charge in [-0.15, -0.1) is 0 Å². The lowest BCUT2D eigenvalue weighted by Gasteiger charge is -2.20. The molecule has 0 saturated carbocycles. The standard InChI is InChI=1S/C19H19N5O5S2/c25-18(12-7-9-20-10-8-12)22-19-21-16-6-1-13(11-17(16)30-19)23-31(28,29)15-4-2-14(3-5-15)24(26)27/h1-6,11-12,20,23H,7-10H2,(H,21,22,25). The molecule has 1 aliphatic heterocycles. The van der Waals surface area contributed by atoms with Crippen molar-refractivity contribution < 1.29 is 18.1 Å². The Balaban J connectivity index is 1.49. The van der Waals surface area contributed by atoms with E-state index in [0.717, 1.165) is 38.1 Å². The van der Waals surface area contributed by atoms with Crippen LogP contribution >= 0.6 is 11.3 Å². The first kappa shape index (κ1) is 21.2. The highest BCUT2D eigenvalue weighted by molar-refractivity contribution is 7.92. The number of aromatic nitrogens is 1. The summed E-state index contributed by atoms with van der Waals surface area (Å²) in [7, 11) is -3.92. The van der Waals surface area contributed by atoms with Gasteiger partial charge in [-0.2, -0.15) is 0 Å². The zero-order valence-corrected chi connectivity index (χ0v) is 17.8. The van der Waals surface area contributed by atoms with E-state index in [1.54, 1.807) is 18.2 Å². The van der Waals surface area contributed by atoms with E-state index in [0.29, 0.717) is 21.0 Å². The zero-order valence-electron chi connectivity index (χ0n) is 16.2. The number of rotatable bonds is 6. The smallest absolute Gasteiger partial charge is 0.269 e. The van der Waals surface area contributed by atoms with Crippen LogP contribution in [0.5, 0.6) is 0 Å². The van der Waals surface area contributed by atoms with E-state index in [2.05, 4.69) is 20.3 Å². The van der Waals surface area contributed by atoms with Gasteiger partial charge in [-0.25, -0.2) is 13.4 Å². The minimum absolute atomic E-state index is 0.0441. The molecule has 162 valence electrons. The van der Waals surface area contributed by atoms with Crippen molar-refractivity contribution in [2.75, 3.05) is 23.1 Å². The van der Waals surface area contributed by atoms with E-state index >= 15 is 0 Å². The van der Waals surface area contributed by atoms with Crippen LogP contribution in [0.4, 0.5) is 16.5 Å². The molecule has 1 aliphatic rings. The molecule has 1 aromatic heterocycles. The van der Waals surface area contributed by atoms with Gasteiger partial charge in [0.15, 0.2) is 5.13 Å². The van der Waals surface area contributed by atoms with Gasteiger partial charge in [0.05, 0.1) is 25.7 Å². The van der Waals surface area contributed by atoms with Crippen LogP contribution < -0.4 is 15.4 Å². The maximum atomic E-state index is 12.6. The number of benzene rings is 2. The molecule has 3 N–H and O–H groups in total. The van der Waals surface area contributed by atoms with E-state index in [9.17, 15) is 23.3 Å². The molecule has 0 spiro atoms. The lowest BCUT2D eigenvalue weighted by molar-refractivity contribution is -0.384. The minimum Gasteiger partial charge on any atom is -0.317 e. The molecule has 2 aromatic carbocycles. The molecule has 12 heteroatoms. The van der Waals surface area contributed by atoms with Gasteiger partial charge >= 0.3 is 0 Å². The minimum atomic E-state index is -3.92. The number of fused-ring (bicyclic) bond motifs is 1. The number of piperidine rings is 1. The number of carbonyl (C=O) groups excluding carboxylic acids is 1. The third-order valence-electron chi connectivity index (χ3n) is 4.94. The Morgan fingerprint density at radius 2 is 1.87 bits per heavy atom. The van der Waals surface area contributed by atoms with Crippen LogP contribution in [-0.4, -0.2) is 37.3 Å². The van der Waals surface area contributed by atoms with Gasteiger partial charge in [0.25, 0.3) is 15.7 Å². The molecule has 0 radical (unpaired) electrons. The van der Waals surface area contributed by atoms with Gasteiger partial charge in [-0.05, 0) is 56.3 Å². The van der Waals surface area contributed by atoms with Gasteiger partial charge in [0.2, 0.25) is 5.91 Å². The van der Waals surface area contributed by atoms with Crippen molar-refractivity contribution in [2.45, 2.75) is 17.7 Å². The number of nitro benzene ring substituents is 1. The predicted molar refractivity (Wildman–Crippen MR) is 118 cm³/mol. The number of anilines is 2. The van der Waals surface area contributed by atoms with Crippen LogP contribution in [0.15, 0.2) is 47.4 Å². The summed E-state index contributed by atoms with van der Waals surface area (Å²) in [6, 6.07) is 9.51. The number of hydrogen-bond donors (Lipinski definition) is 3. The number of nitro groups is 1. The van der Waals surface area contributed by atoms with Gasteiger partial charge in [0, 0.05) is 18.1 Å². The Hall–Kier alpha value is -3.09. The molecule has 1 fully saturated rings. The van der Waals surface area contributed by atoms with Gasteiger partial charge < -0.3 is 10.6 Å². The van der Waals surface area contributed by atoms with Crippen LogP contribution in [0.25, 0.3) is 10.2 Å². The Morgan fingerprint density at radius 3 is 2.55 bits per heavy atom.